The average molecular weight is 524 g/mol. The Labute approximate surface area is 213 Å². The van der Waals surface area contributed by atoms with Gasteiger partial charge in [-0.3, -0.25) is 4.79 Å². The molecule has 8 heteroatoms. The molecule has 0 aliphatic rings. The first-order chi connectivity index (χ1) is 16.6. The number of rotatable bonds is 11. The molecule has 0 atom stereocenters. The van der Waals surface area contributed by atoms with E-state index in [-0.39, 0.29) is 11.7 Å². The first kappa shape index (κ1) is 27.1. The van der Waals surface area contributed by atoms with Gasteiger partial charge in [0.1, 0.15) is 5.75 Å². The summed E-state index contributed by atoms with van der Waals surface area (Å²) in [5.74, 6) is -1.51. The van der Waals surface area contributed by atoms with Crippen molar-refractivity contribution in [3.8, 4) is 5.75 Å². The number of hydrogen-bond acceptors (Lipinski definition) is 3. The van der Waals surface area contributed by atoms with Crippen molar-refractivity contribution in [3.05, 3.63) is 99.5 Å². The molecule has 0 bridgehead atoms. The number of carbonyl (C=O) groups is 1. The molecule has 0 saturated heterocycles. The molecule has 0 spiro atoms. The molecular weight excluding hydrogens is 498 g/mol. The van der Waals surface area contributed by atoms with Crippen molar-refractivity contribution in [2.75, 3.05) is 26.7 Å². The third kappa shape index (κ3) is 8.57. The summed E-state index contributed by atoms with van der Waals surface area (Å²) in [5, 5.41) is 1.39. The lowest BCUT2D eigenvalue weighted by Crippen LogP contribution is -2.28. The number of ketones is 1. The monoisotopic (exact) mass is 523 g/mol. The summed E-state index contributed by atoms with van der Waals surface area (Å²) in [4.78, 5) is 13.2. The predicted molar refractivity (Wildman–Crippen MR) is 134 cm³/mol. The van der Waals surface area contributed by atoms with Crippen molar-refractivity contribution >= 4 is 29.0 Å². The molecule has 0 fully saturated rings. The van der Waals surface area contributed by atoms with E-state index >= 15 is 0 Å². The number of carbonyl (C=O) groups excluding carboxylic acids is 1. The van der Waals surface area contributed by atoms with Crippen LogP contribution in [0.3, 0.4) is 0 Å². The molecule has 0 aromatic heterocycles. The van der Waals surface area contributed by atoms with Crippen molar-refractivity contribution in [1.29, 1.82) is 0 Å². The van der Waals surface area contributed by atoms with Crippen LogP contribution in [0.4, 0.5) is 13.2 Å². The maximum Gasteiger partial charge on any atom is 0.453 e. The maximum atomic E-state index is 12.3. The van der Waals surface area contributed by atoms with Crippen molar-refractivity contribution < 1.29 is 22.7 Å². The molecule has 0 unspecified atom stereocenters. The van der Waals surface area contributed by atoms with Gasteiger partial charge in [-0.25, -0.2) is 0 Å². The minimum absolute atomic E-state index is 0.158. The van der Waals surface area contributed by atoms with Crippen LogP contribution in [0, 0.1) is 0 Å². The van der Waals surface area contributed by atoms with Gasteiger partial charge in [-0.05, 0) is 79.5 Å². The fraction of sp³-hybridized carbons (Fsp3) is 0.296. The van der Waals surface area contributed by atoms with Gasteiger partial charge in [0, 0.05) is 22.5 Å². The Bertz CT molecular complexity index is 1040. The van der Waals surface area contributed by atoms with Crippen LogP contribution in [-0.4, -0.2) is 43.6 Å². The standard InChI is InChI=1S/C27H26Cl2F3NO2/c1-33(16-2-3-19-4-14-24(15-5-19)35-18-26(34)27(30,31)32)17-25(20-6-10-22(28)11-7-20)21-8-12-23(29)13-9-21/h4-15,25H,2-3,16-18H2,1H3. The summed E-state index contributed by atoms with van der Waals surface area (Å²) in [7, 11) is 2.08. The Morgan fingerprint density at radius 3 is 1.89 bits per heavy atom. The SMILES string of the molecule is CN(CCCc1ccc(OCC(=O)C(F)(F)F)cc1)CC(c1ccc(Cl)cc1)c1ccc(Cl)cc1. The second-order valence-corrected chi connectivity index (χ2v) is 9.25. The number of benzene rings is 3. The predicted octanol–water partition coefficient (Wildman–Crippen LogP) is 7.20. The molecule has 0 N–H and O–H groups in total. The molecule has 35 heavy (non-hydrogen) atoms. The minimum atomic E-state index is -4.88. The number of likely N-dealkylation sites (N-methyl/N-ethyl adjacent to an activating group) is 1. The topological polar surface area (TPSA) is 29.5 Å². The van der Waals surface area contributed by atoms with Crippen LogP contribution in [0.2, 0.25) is 10.0 Å². The van der Waals surface area contributed by atoms with Gasteiger partial charge in [0.25, 0.3) is 5.78 Å². The zero-order valence-electron chi connectivity index (χ0n) is 19.2. The third-order valence-electron chi connectivity index (χ3n) is 5.65. The lowest BCUT2D eigenvalue weighted by Gasteiger charge is -2.25. The van der Waals surface area contributed by atoms with E-state index in [1.54, 1.807) is 24.3 Å². The Balaban J connectivity index is 1.53. The summed E-state index contributed by atoms with van der Waals surface area (Å²) in [6, 6.07) is 22.5. The highest BCUT2D eigenvalue weighted by atomic mass is 35.5. The van der Waals surface area contributed by atoms with E-state index in [1.807, 2.05) is 48.5 Å². The van der Waals surface area contributed by atoms with Gasteiger partial charge in [0.15, 0.2) is 6.61 Å². The number of halogens is 5. The van der Waals surface area contributed by atoms with Gasteiger partial charge in [0.2, 0.25) is 0 Å². The van der Waals surface area contributed by atoms with Crippen LogP contribution < -0.4 is 4.74 Å². The normalized spacial score (nSPS) is 11.8. The van der Waals surface area contributed by atoms with E-state index in [2.05, 4.69) is 11.9 Å². The highest BCUT2D eigenvalue weighted by Gasteiger charge is 2.38. The second kappa shape index (κ2) is 12.4. The highest BCUT2D eigenvalue weighted by Crippen LogP contribution is 2.28. The van der Waals surface area contributed by atoms with Gasteiger partial charge >= 0.3 is 6.18 Å². The first-order valence-corrected chi connectivity index (χ1v) is 11.9. The molecule has 0 heterocycles. The summed E-state index contributed by atoms with van der Waals surface area (Å²) in [6.45, 7) is 0.648. The average Bonchev–Trinajstić information content (AvgIpc) is 2.82. The fourth-order valence-corrected chi connectivity index (χ4v) is 3.98. The van der Waals surface area contributed by atoms with Crippen LogP contribution in [-0.2, 0) is 11.2 Å². The first-order valence-electron chi connectivity index (χ1n) is 11.1. The molecule has 0 aliphatic carbocycles. The van der Waals surface area contributed by atoms with Crippen LogP contribution >= 0.6 is 23.2 Å². The van der Waals surface area contributed by atoms with Crippen LogP contribution in [0.1, 0.15) is 29.0 Å². The minimum Gasteiger partial charge on any atom is -0.485 e. The maximum absolute atomic E-state index is 12.3. The van der Waals surface area contributed by atoms with Crippen molar-refractivity contribution in [2.45, 2.75) is 24.9 Å². The van der Waals surface area contributed by atoms with Gasteiger partial charge in [-0.15, -0.1) is 0 Å². The Hall–Kier alpha value is -2.54. The Morgan fingerprint density at radius 1 is 0.886 bits per heavy atom. The van der Waals surface area contributed by atoms with E-state index < -0.39 is 18.6 Å². The summed E-state index contributed by atoms with van der Waals surface area (Å²) >= 11 is 12.2. The summed E-state index contributed by atoms with van der Waals surface area (Å²) < 4.78 is 41.8. The van der Waals surface area contributed by atoms with Gasteiger partial charge in [0.05, 0.1) is 0 Å². The quantitative estimate of drug-likeness (QED) is 0.266. The summed E-state index contributed by atoms with van der Waals surface area (Å²) in [5.41, 5.74) is 3.38. The van der Waals surface area contributed by atoms with Gasteiger partial charge in [-0.2, -0.15) is 13.2 Å². The Kier molecular flexibility index (Phi) is 9.61. The number of hydrogen-bond donors (Lipinski definition) is 0. The van der Waals surface area contributed by atoms with Crippen molar-refractivity contribution in [1.82, 2.24) is 4.90 Å². The third-order valence-corrected chi connectivity index (χ3v) is 6.16. The summed E-state index contributed by atoms with van der Waals surface area (Å²) in [6.07, 6.45) is -3.18. The molecule has 3 nitrogen and oxygen atoms in total. The largest absolute Gasteiger partial charge is 0.485 e. The highest BCUT2D eigenvalue weighted by molar-refractivity contribution is 6.30. The smallest absolute Gasteiger partial charge is 0.453 e. The fourth-order valence-electron chi connectivity index (χ4n) is 3.73. The van der Waals surface area contributed by atoms with E-state index in [4.69, 9.17) is 27.9 Å². The van der Waals surface area contributed by atoms with Crippen molar-refractivity contribution in [2.24, 2.45) is 0 Å². The van der Waals surface area contributed by atoms with Gasteiger partial charge in [-0.1, -0.05) is 59.6 Å². The lowest BCUT2D eigenvalue weighted by molar-refractivity contribution is -0.173. The van der Waals surface area contributed by atoms with E-state index in [0.717, 1.165) is 31.5 Å². The van der Waals surface area contributed by atoms with E-state index in [1.165, 1.54) is 11.1 Å². The number of nitrogens with zero attached hydrogens (tertiary/aromatic N) is 1. The zero-order valence-corrected chi connectivity index (χ0v) is 20.7. The second-order valence-electron chi connectivity index (χ2n) is 8.38. The molecule has 0 amide bonds. The number of ether oxygens (including phenoxy) is 1. The molecular formula is C27H26Cl2F3NO2. The van der Waals surface area contributed by atoms with Gasteiger partial charge < -0.3 is 9.64 Å². The zero-order chi connectivity index (χ0) is 25.4. The molecule has 0 aliphatic heterocycles. The molecule has 3 aromatic carbocycles. The van der Waals surface area contributed by atoms with Crippen LogP contribution in [0.15, 0.2) is 72.8 Å². The van der Waals surface area contributed by atoms with E-state index in [0.29, 0.717) is 10.0 Å². The van der Waals surface area contributed by atoms with Crippen LogP contribution in [0.25, 0.3) is 0 Å². The molecule has 186 valence electrons. The number of Topliss-reactive ketones (excluding diaryl/α,β-unsaturated/α-hetero) is 1. The number of aryl methyl sites for hydroxylation is 1. The number of alkyl halides is 3. The molecule has 0 saturated carbocycles. The Morgan fingerprint density at radius 2 is 1.40 bits per heavy atom. The molecule has 0 radical (unpaired) electrons. The van der Waals surface area contributed by atoms with Crippen molar-refractivity contribution in [3.63, 3.8) is 0 Å². The van der Waals surface area contributed by atoms with Crippen LogP contribution in [0.5, 0.6) is 5.75 Å². The van der Waals surface area contributed by atoms with E-state index in [9.17, 15) is 18.0 Å². The molecule has 3 aromatic rings. The molecule has 3 rings (SSSR count). The lowest BCUT2D eigenvalue weighted by atomic mass is 9.91.